The van der Waals surface area contributed by atoms with E-state index in [2.05, 4.69) is 30.8 Å². The van der Waals surface area contributed by atoms with Crippen LogP contribution in [0.15, 0.2) is 55.0 Å². The molecule has 0 aliphatic carbocycles. The molecule has 0 saturated carbocycles. The van der Waals surface area contributed by atoms with Crippen LogP contribution in [-0.4, -0.2) is 32.0 Å². The number of fused-ring (bicyclic) bond motifs is 1. The lowest BCUT2D eigenvalue weighted by atomic mass is 10.2. The Balaban J connectivity index is 1.40. The number of hydrogen-bond donors (Lipinski definition) is 4. The van der Waals surface area contributed by atoms with E-state index in [9.17, 15) is 14.0 Å². The van der Waals surface area contributed by atoms with Gasteiger partial charge in [0.25, 0.3) is 0 Å². The third kappa shape index (κ3) is 4.21. The number of carbonyl (C=O) groups is 2. The number of anilines is 2. The molecule has 0 bridgehead atoms. The highest BCUT2D eigenvalue weighted by Gasteiger charge is 2.13. The molecule has 29 heavy (non-hydrogen) atoms. The third-order valence-corrected chi connectivity index (χ3v) is 3.95. The second-order valence-corrected chi connectivity index (χ2v) is 6.04. The number of rotatable bonds is 6. The van der Waals surface area contributed by atoms with Gasteiger partial charge in [-0.15, -0.1) is 0 Å². The molecule has 0 aliphatic heterocycles. The summed E-state index contributed by atoms with van der Waals surface area (Å²) in [6, 6.07) is 8.96. The fraction of sp³-hybridized carbons (Fsp3) is 0.0526. The van der Waals surface area contributed by atoms with Crippen LogP contribution in [0.5, 0.6) is 11.5 Å². The Morgan fingerprint density at radius 1 is 1.03 bits per heavy atom. The van der Waals surface area contributed by atoms with E-state index in [4.69, 9.17) is 4.74 Å². The number of nitrogens with zero attached hydrogens (tertiary/aromatic N) is 2. The molecular weight excluding hydrogens is 379 g/mol. The molecule has 0 unspecified atom stereocenters. The number of amides is 2. The molecule has 9 nitrogen and oxygen atoms in total. The average molecular weight is 394 g/mol. The smallest absolute Gasteiger partial charge is 0.234 e. The van der Waals surface area contributed by atoms with Gasteiger partial charge in [-0.05, 0) is 24.3 Å². The van der Waals surface area contributed by atoms with E-state index < -0.39 is 24.1 Å². The largest absolute Gasteiger partial charge is 0.453 e. The third-order valence-electron chi connectivity index (χ3n) is 3.95. The molecule has 4 N–H and O–H groups in total. The van der Waals surface area contributed by atoms with Crippen LogP contribution in [0.25, 0.3) is 11.0 Å². The number of benzene rings is 1. The van der Waals surface area contributed by atoms with E-state index in [1.54, 1.807) is 30.6 Å². The normalized spacial score (nSPS) is 10.7. The van der Waals surface area contributed by atoms with Gasteiger partial charge < -0.3 is 20.4 Å². The summed E-state index contributed by atoms with van der Waals surface area (Å²) in [4.78, 5) is 30.9. The maximum absolute atomic E-state index is 14.4. The molecule has 10 heteroatoms. The van der Waals surface area contributed by atoms with Gasteiger partial charge in [0.05, 0.1) is 11.6 Å². The highest BCUT2D eigenvalue weighted by Crippen LogP contribution is 2.31. The Bertz CT molecular complexity index is 1170. The van der Waals surface area contributed by atoms with Gasteiger partial charge in [-0.3, -0.25) is 14.7 Å². The molecule has 0 radical (unpaired) electrons. The van der Waals surface area contributed by atoms with Crippen molar-refractivity contribution in [3.63, 3.8) is 0 Å². The van der Waals surface area contributed by atoms with Crippen LogP contribution in [0.2, 0.25) is 0 Å². The molecule has 0 atom stereocenters. The highest BCUT2D eigenvalue weighted by atomic mass is 19.1. The summed E-state index contributed by atoms with van der Waals surface area (Å²) in [5.74, 6) is -0.956. The minimum absolute atomic E-state index is 0.00585. The highest BCUT2D eigenvalue weighted by molar-refractivity contribution is 6.07. The van der Waals surface area contributed by atoms with Crippen LogP contribution in [0.3, 0.4) is 0 Å². The van der Waals surface area contributed by atoms with E-state index in [1.807, 2.05) is 0 Å². The molecule has 2 amide bonds. The molecule has 1 aromatic carbocycles. The van der Waals surface area contributed by atoms with E-state index >= 15 is 0 Å². The second-order valence-electron chi connectivity index (χ2n) is 6.04. The first kappa shape index (κ1) is 18.2. The fourth-order valence-electron chi connectivity index (χ4n) is 2.68. The Hall–Kier alpha value is -4.21. The standard InChI is InChI=1S/C19H15FN6O3/c20-13-9-11(24-17(27)10-18(28)25-16-5-8-23-26-16)1-2-15(13)29-14-4-7-22-19-12(14)3-6-21-19/h1-9H,10H2,(H,21,22)(H,24,27)(H2,23,25,26,28). The van der Waals surface area contributed by atoms with Gasteiger partial charge >= 0.3 is 0 Å². The van der Waals surface area contributed by atoms with Gasteiger partial charge in [0.1, 0.15) is 23.6 Å². The molecule has 146 valence electrons. The van der Waals surface area contributed by atoms with Crippen molar-refractivity contribution in [3.8, 4) is 11.5 Å². The zero-order valence-corrected chi connectivity index (χ0v) is 14.9. The van der Waals surface area contributed by atoms with Gasteiger partial charge in [-0.2, -0.15) is 5.10 Å². The predicted molar refractivity (Wildman–Crippen MR) is 103 cm³/mol. The number of carbonyl (C=O) groups excluding carboxylic acids is 2. The van der Waals surface area contributed by atoms with Crippen LogP contribution in [-0.2, 0) is 9.59 Å². The molecular formula is C19H15FN6O3. The number of H-pyrrole nitrogens is 2. The van der Waals surface area contributed by atoms with Crippen LogP contribution in [0, 0.1) is 5.82 Å². The van der Waals surface area contributed by atoms with Crippen LogP contribution < -0.4 is 15.4 Å². The van der Waals surface area contributed by atoms with Crippen LogP contribution in [0.1, 0.15) is 6.42 Å². The van der Waals surface area contributed by atoms with E-state index in [-0.39, 0.29) is 11.4 Å². The zero-order chi connectivity index (χ0) is 20.2. The number of ether oxygens (including phenoxy) is 1. The van der Waals surface area contributed by atoms with Crippen molar-refractivity contribution in [3.05, 3.63) is 60.8 Å². The molecule has 3 heterocycles. The van der Waals surface area contributed by atoms with Crippen molar-refractivity contribution in [2.45, 2.75) is 6.42 Å². The Kier molecular flexibility index (Phi) is 4.89. The number of pyridine rings is 1. The number of aromatic amines is 2. The van der Waals surface area contributed by atoms with Crippen molar-refractivity contribution in [1.29, 1.82) is 0 Å². The van der Waals surface area contributed by atoms with Crippen molar-refractivity contribution in [1.82, 2.24) is 20.2 Å². The first-order chi connectivity index (χ1) is 14.1. The van der Waals surface area contributed by atoms with Crippen molar-refractivity contribution in [2.75, 3.05) is 10.6 Å². The van der Waals surface area contributed by atoms with Crippen molar-refractivity contribution in [2.24, 2.45) is 0 Å². The molecule has 0 aliphatic rings. The number of aromatic nitrogens is 4. The lowest BCUT2D eigenvalue weighted by Crippen LogP contribution is -2.21. The van der Waals surface area contributed by atoms with Gasteiger partial charge in [0, 0.05) is 30.2 Å². The van der Waals surface area contributed by atoms with Crippen LogP contribution >= 0.6 is 0 Å². The fourth-order valence-corrected chi connectivity index (χ4v) is 2.68. The molecule has 4 aromatic rings. The summed E-state index contributed by atoms with van der Waals surface area (Å²) in [6.45, 7) is 0. The molecule has 0 saturated heterocycles. The Labute approximate surface area is 163 Å². The Morgan fingerprint density at radius 3 is 2.69 bits per heavy atom. The predicted octanol–water partition coefficient (Wildman–Crippen LogP) is 3.18. The van der Waals surface area contributed by atoms with Gasteiger partial charge in [-0.25, -0.2) is 9.37 Å². The molecule has 0 fully saturated rings. The molecule has 4 rings (SSSR count). The topological polar surface area (TPSA) is 125 Å². The van der Waals surface area contributed by atoms with Gasteiger partial charge in [0.2, 0.25) is 11.8 Å². The maximum Gasteiger partial charge on any atom is 0.234 e. The van der Waals surface area contributed by atoms with Crippen LogP contribution in [0.4, 0.5) is 15.9 Å². The van der Waals surface area contributed by atoms with Gasteiger partial charge in [0.15, 0.2) is 11.6 Å². The quantitative estimate of drug-likeness (QED) is 0.374. The summed E-state index contributed by atoms with van der Waals surface area (Å²) in [5, 5.41) is 11.9. The Morgan fingerprint density at radius 2 is 1.90 bits per heavy atom. The number of halogens is 1. The van der Waals surface area contributed by atoms with E-state index in [0.29, 0.717) is 22.6 Å². The second kappa shape index (κ2) is 7.80. The van der Waals surface area contributed by atoms with E-state index in [0.717, 1.165) is 6.07 Å². The lowest BCUT2D eigenvalue weighted by molar-refractivity contribution is -0.123. The number of nitrogens with one attached hydrogen (secondary N) is 4. The average Bonchev–Trinajstić information content (AvgIpc) is 3.35. The summed E-state index contributed by atoms with van der Waals surface area (Å²) >= 11 is 0. The monoisotopic (exact) mass is 394 g/mol. The first-order valence-corrected chi connectivity index (χ1v) is 8.57. The summed E-state index contributed by atoms with van der Waals surface area (Å²) in [6.07, 6.45) is 4.30. The minimum atomic E-state index is -0.662. The zero-order valence-electron chi connectivity index (χ0n) is 14.9. The van der Waals surface area contributed by atoms with Gasteiger partial charge in [-0.1, -0.05) is 0 Å². The number of hydrogen-bond acceptors (Lipinski definition) is 5. The summed E-state index contributed by atoms with van der Waals surface area (Å²) in [5.41, 5.74) is 0.830. The SMILES string of the molecule is O=C(CC(=O)Nc1ccn[nH]1)Nc1ccc(Oc2ccnc3[nH]ccc23)c(F)c1. The summed E-state index contributed by atoms with van der Waals surface area (Å²) in [7, 11) is 0. The lowest BCUT2D eigenvalue weighted by Gasteiger charge is -2.10. The van der Waals surface area contributed by atoms with E-state index in [1.165, 1.54) is 18.3 Å². The van der Waals surface area contributed by atoms with Crippen molar-refractivity contribution < 1.29 is 18.7 Å². The summed E-state index contributed by atoms with van der Waals surface area (Å²) < 4.78 is 20.1. The first-order valence-electron chi connectivity index (χ1n) is 8.57. The van der Waals surface area contributed by atoms with Crippen molar-refractivity contribution >= 4 is 34.4 Å². The molecule has 3 aromatic heterocycles. The maximum atomic E-state index is 14.4. The molecule has 0 spiro atoms. The minimum Gasteiger partial charge on any atom is -0.453 e.